The minimum Gasteiger partial charge on any atom is -0.377 e. The van der Waals surface area contributed by atoms with E-state index in [1.165, 1.54) is 11.3 Å². The zero-order valence-electron chi connectivity index (χ0n) is 13.5. The number of pyridine rings is 1. The topological polar surface area (TPSA) is 90.1 Å². The molecule has 124 valence electrons. The molecular formula is C16H22N4O2S. The van der Waals surface area contributed by atoms with Crippen molar-refractivity contribution in [1.29, 1.82) is 0 Å². The van der Waals surface area contributed by atoms with Gasteiger partial charge in [0, 0.05) is 23.3 Å². The molecule has 1 unspecified atom stereocenters. The second kappa shape index (κ2) is 8.14. The van der Waals surface area contributed by atoms with Gasteiger partial charge in [0.25, 0.3) is 0 Å². The number of nitrogens with two attached hydrogens (primary N) is 1. The summed E-state index contributed by atoms with van der Waals surface area (Å²) < 4.78 is 5.37. The SMILES string of the molecule is CC(C)OC[C@H](N)C(=O)NC(C)c1nc(-c2ccncc2)cs1. The smallest absolute Gasteiger partial charge is 0.239 e. The summed E-state index contributed by atoms with van der Waals surface area (Å²) in [5.41, 5.74) is 7.71. The van der Waals surface area contributed by atoms with E-state index in [0.717, 1.165) is 16.3 Å². The largest absolute Gasteiger partial charge is 0.377 e. The minimum absolute atomic E-state index is 0.0492. The first kappa shape index (κ1) is 17.5. The van der Waals surface area contributed by atoms with Crippen LogP contribution in [0.5, 0.6) is 0 Å². The third-order valence-corrected chi connectivity index (χ3v) is 4.20. The van der Waals surface area contributed by atoms with Crippen LogP contribution in [0.4, 0.5) is 0 Å². The third kappa shape index (κ3) is 5.09. The number of aromatic nitrogens is 2. The van der Waals surface area contributed by atoms with Gasteiger partial charge in [-0.15, -0.1) is 11.3 Å². The molecule has 2 rings (SSSR count). The molecule has 0 bridgehead atoms. The molecule has 3 N–H and O–H groups in total. The van der Waals surface area contributed by atoms with Gasteiger partial charge in [-0.05, 0) is 32.9 Å². The van der Waals surface area contributed by atoms with Crippen molar-refractivity contribution in [1.82, 2.24) is 15.3 Å². The van der Waals surface area contributed by atoms with Crippen molar-refractivity contribution < 1.29 is 9.53 Å². The Morgan fingerprint density at radius 2 is 2.04 bits per heavy atom. The molecule has 7 heteroatoms. The third-order valence-electron chi connectivity index (χ3n) is 3.17. The monoisotopic (exact) mass is 334 g/mol. The van der Waals surface area contributed by atoms with Crippen molar-refractivity contribution in [3.05, 3.63) is 34.9 Å². The van der Waals surface area contributed by atoms with Gasteiger partial charge in [-0.1, -0.05) is 0 Å². The van der Waals surface area contributed by atoms with Crippen LogP contribution in [-0.2, 0) is 9.53 Å². The molecule has 6 nitrogen and oxygen atoms in total. The second-order valence-electron chi connectivity index (χ2n) is 5.53. The average molecular weight is 334 g/mol. The predicted molar refractivity (Wildman–Crippen MR) is 91.0 cm³/mol. The lowest BCUT2D eigenvalue weighted by atomic mass is 10.2. The normalized spacial score (nSPS) is 13.8. The Hall–Kier alpha value is -1.83. The van der Waals surface area contributed by atoms with Crippen LogP contribution >= 0.6 is 11.3 Å². The number of nitrogens with zero attached hydrogens (tertiary/aromatic N) is 2. The Labute approximate surface area is 140 Å². The summed E-state index contributed by atoms with van der Waals surface area (Å²) in [7, 11) is 0. The molecule has 0 aliphatic rings. The van der Waals surface area contributed by atoms with Crippen LogP contribution in [0, 0.1) is 0 Å². The molecule has 0 saturated heterocycles. The molecule has 0 saturated carbocycles. The number of hydrogen-bond acceptors (Lipinski definition) is 6. The molecule has 0 aliphatic carbocycles. The van der Waals surface area contributed by atoms with Gasteiger partial charge in [0.1, 0.15) is 11.0 Å². The molecule has 0 fully saturated rings. The zero-order chi connectivity index (χ0) is 16.8. The van der Waals surface area contributed by atoms with Crippen molar-refractivity contribution in [2.24, 2.45) is 5.73 Å². The number of thiazole rings is 1. The van der Waals surface area contributed by atoms with Crippen molar-refractivity contribution >= 4 is 17.2 Å². The average Bonchev–Trinajstić information content (AvgIpc) is 3.03. The summed E-state index contributed by atoms with van der Waals surface area (Å²) in [6.07, 6.45) is 3.51. The van der Waals surface area contributed by atoms with Crippen LogP contribution in [0.15, 0.2) is 29.9 Å². The van der Waals surface area contributed by atoms with Crippen LogP contribution in [0.25, 0.3) is 11.3 Å². The van der Waals surface area contributed by atoms with E-state index in [1.54, 1.807) is 12.4 Å². The van der Waals surface area contributed by atoms with E-state index in [4.69, 9.17) is 10.5 Å². The fourth-order valence-electron chi connectivity index (χ4n) is 1.90. The fraction of sp³-hybridized carbons (Fsp3) is 0.438. The first-order chi connectivity index (χ1) is 11.0. The maximum Gasteiger partial charge on any atom is 0.239 e. The van der Waals surface area contributed by atoms with E-state index in [2.05, 4.69) is 15.3 Å². The molecule has 0 radical (unpaired) electrons. The number of nitrogens with one attached hydrogen (secondary N) is 1. The van der Waals surface area contributed by atoms with Gasteiger partial charge >= 0.3 is 0 Å². The van der Waals surface area contributed by atoms with Crippen molar-refractivity contribution in [3.63, 3.8) is 0 Å². The lowest BCUT2D eigenvalue weighted by molar-refractivity contribution is -0.124. The Balaban J connectivity index is 1.94. The molecule has 0 spiro atoms. The Morgan fingerprint density at radius 1 is 1.35 bits per heavy atom. The Kier molecular flexibility index (Phi) is 6.20. The van der Waals surface area contributed by atoms with Crippen LogP contribution in [0.2, 0.25) is 0 Å². The van der Waals surface area contributed by atoms with Gasteiger partial charge in [-0.25, -0.2) is 4.98 Å². The van der Waals surface area contributed by atoms with Crippen LogP contribution in [0.1, 0.15) is 31.8 Å². The molecular weight excluding hydrogens is 312 g/mol. The lowest BCUT2D eigenvalue weighted by Gasteiger charge is -2.17. The van der Waals surface area contributed by atoms with Crippen molar-refractivity contribution in [2.75, 3.05) is 6.61 Å². The summed E-state index contributed by atoms with van der Waals surface area (Å²) in [6, 6.07) is 2.93. The van der Waals surface area contributed by atoms with E-state index >= 15 is 0 Å². The van der Waals surface area contributed by atoms with Crippen LogP contribution in [0.3, 0.4) is 0 Å². The van der Waals surface area contributed by atoms with Gasteiger partial charge in [0.2, 0.25) is 5.91 Å². The maximum atomic E-state index is 12.1. The summed E-state index contributed by atoms with van der Waals surface area (Å²) in [6.45, 7) is 5.91. The maximum absolute atomic E-state index is 12.1. The quantitative estimate of drug-likeness (QED) is 0.809. The zero-order valence-corrected chi connectivity index (χ0v) is 14.3. The molecule has 2 heterocycles. The van der Waals surface area contributed by atoms with E-state index in [0.29, 0.717) is 0 Å². The first-order valence-electron chi connectivity index (χ1n) is 7.50. The van der Waals surface area contributed by atoms with E-state index in [9.17, 15) is 4.79 Å². The summed E-state index contributed by atoms with van der Waals surface area (Å²) in [4.78, 5) is 20.6. The van der Waals surface area contributed by atoms with Gasteiger partial charge in [0.15, 0.2) is 0 Å². The number of hydrogen-bond donors (Lipinski definition) is 2. The standard InChI is InChI=1S/C16H22N4O2S/c1-10(2)22-8-13(17)15(21)19-11(3)16-20-14(9-23-16)12-4-6-18-7-5-12/h4-7,9-11,13H,8,17H2,1-3H3,(H,19,21)/t11?,13-/m0/s1. The number of carbonyl (C=O) groups is 1. The van der Waals surface area contributed by atoms with Crippen molar-refractivity contribution in [2.45, 2.75) is 39.0 Å². The molecule has 2 atom stereocenters. The first-order valence-corrected chi connectivity index (χ1v) is 8.38. The summed E-state index contributed by atoms with van der Waals surface area (Å²) in [5.74, 6) is -0.237. The molecule has 1 amide bonds. The second-order valence-corrected chi connectivity index (χ2v) is 6.42. The number of rotatable bonds is 7. The predicted octanol–water partition coefficient (Wildman–Crippen LogP) is 2.13. The molecule has 23 heavy (non-hydrogen) atoms. The van der Waals surface area contributed by atoms with Gasteiger partial charge in [-0.2, -0.15) is 0 Å². The fourth-order valence-corrected chi connectivity index (χ4v) is 2.73. The molecule has 2 aromatic rings. The van der Waals surface area contributed by atoms with Gasteiger partial charge < -0.3 is 15.8 Å². The van der Waals surface area contributed by atoms with E-state index < -0.39 is 6.04 Å². The number of amides is 1. The van der Waals surface area contributed by atoms with Crippen molar-refractivity contribution in [3.8, 4) is 11.3 Å². The highest BCUT2D eigenvalue weighted by atomic mass is 32.1. The molecule has 2 aromatic heterocycles. The summed E-state index contributed by atoms with van der Waals surface area (Å²) in [5, 5.41) is 5.68. The Morgan fingerprint density at radius 3 is 2.70 bits per heavy atom. The lowest BCUT2D eigenvalue weighted by Crippen LogP contribution is -2.44. The van der Waals surface area contributed by atoms with Gasteiger partial charge in [-0.3, -0.25) is 9.78 Å². The van der Waals surface area contributed by atoms with Crippen LogP contribution in [-0.4, -0.2) is 34.6 Å². The highest BCUT2D eigenvalue weighted by Gasteiger charge is 2.19. The number of carbonyl (C=O) groups excluding carboxylic acids is 1. The highest BCUT2D eigenvalue weighted by molar-refractivity contribution is 7.10. The van der Waals surface area contributed by atoms with E-state index in [-0.39, 0.29) is 24.7 Å². The molecule has 0 aliphatic heterocycles. The minimum atomic E-state index is -0.681. The highest BCUT2D eigenvalue weighted by Crippen LogP contribution is 2.24. The number of ether oxygens (including phenoxy) is 1. The van der Waals surface area contributed by atoms with Crippen LogP contribution < -0.4 is 11.1 Å². The summed E-state index contributed by atoms with van der Waals surface area (Å²) >= 11 is 1.51. The Bertz CT molecular complexity index is 630. The van der Waals surface area contributed by atoms with E-state index in [1.807, 2.05) is 38.3 Å². The van der Waals surface area contributed by atoms with Gasteiger partial charge in [0.05, 0.1) is 24.4 Å². The molecule has 0 aromatic carbocycles.